The fourth-order valence-electron chi connectivity index (χ4n) is 4.48. The maximum absolute atomic E-state index is 14.4. The lowest BCUT2D eigenvalue weighted by Gasteiger charge is -2.30. The van der Waals surface area contributed by atoms with Gasteiger partial charge in [-0.2, -0.15) is 0 Å². The number of carbonyl (C=O) groups is 1. The number of alkyl carbamates (subject to hydrolysis) is 1. The fraction of sp³-hybridized carbons (Fsp3) is 0.786. The molecule has 2 rings (SSSR count). The average molecular weight is 526 g/mol. The van der Waals surface area contributed by atoms with Crippen molar-refractivity contribution in [2.75, 3.05) is 13.3 Å². The number of carbonyl (C=O) groups excluding carboxylic acids is 1. The van der Waals surface area contributed by atoms with Crippen molar-refractivity contribution in [1.82, 2.24) is 10.2 Å². The number of hydrogen-bond donors (Lipinski definition) is 3. The lowest BCUT2D eigenvalue weighted by molar-refractivity contribution is -0.0660. The van der Waals surface area contributed by atoms with Crippen LogP contribution in [0.1, 0.15) is 104 Å². The molecule has 212 valence electrons. The summed E-state index contributed by atoms with van der Waals surface area (Å²) in [5.74, 6) is -0.992. The number of allylic oxidation sites excluding steroid dienone is 2. The van der Waals surface area contributed by atoms with Crippen molar-refractivity contribution in [3.8, 4) is 0 Å². The summed E-state index contributed by atoms with van der Waals surface area (Å²) in [6.07, 6.45) is 18.2. The van der Waals surface area contributed by atoms with Gasteiger partial charge in [-0.3, -0.25) is 5.32 Å². The van der Waals surface area contributed by atoms with Gasteiger partial charge in [0.25, 0.3) is 0 Å². The number of nitrogens with zero attached hydrogens (tertiary/aromatic N) is 2. The second kappa shape index (κ2) is 18.3. The van der Waals surface area contributed by atoms with Crippen LogP contribution in [0.15, 0.2) is 29.2 Å². The van der Waals surface area contributed by atoms with Crippen molar-refractivity contribution in [2.45, 2.75) is 128 Å². The third kappa shape index (κ3) is 12.0. The van der Waals surface area contributed by atoms with Gasteiger partial charge in [0.2, 0.25) is 0 Å². The Morgan fingerprint density at radius 2 is 1.65 bits per heavy atom. The Kier molecular flexibility index (Phi) is 15.5. The first-order chi connectivity index (χ1) is 17.9. The molecule has 1 saturated heterocycles. The van der Waals surface area contributed by atoms with E-state index in [9.17, 15) is 19.4 Å². The van der Waals surface area contributed by atoms with Crippen LogP contribution < -0.4 is 5.32 Å². The van der Waals surface area contributed by atoms with Gasteiger partial charge in [0, 0.05) is 6.20 Å². The van der Waals surface area contributed by atoms with Crippen molar-refractivity contribution in [3.63, 3.8) is 0 Å². The van der Waals surface area contributed by atoms with E-state index in [0.29, 0.717) is 0 Å². The number of nitrogens with one attached hydrogen (secondary N) is 1. The van der Waals surface area contributed by atoms with Crippen LogP contribution in [-0.4, -0.2) is 64.9 Å². The van der Waals surface area contributed by atoms with Crippen LogP contribution in [-0.2, 0) is 9.47 Å². The molecule has 2 heterocycles. The van der Waals surface area contributed by atoms with Crippen LogP contribution in [0.25, 0.3) is 0 Å². The van der Waals surface area contributed by atoms with E-state index in [0.717, 1.165) is 31.9 Å². The fourth-order valence-corrected chi connectivity index (χ4v) is 4.48. The van der Waals surface area contributed by atoms with Gasteiger partial charge < -0.3 is 24.6 Å². The van der Waals surface area contributed by atoms with E-state index in [-0.39, 0.29) is 19.1 Å². The molecule has 4 unspecified atom stereocenters. The molecule has 0 saturated carbocycles. The van der Waals surface area contributed by atoms with Crippen LogP contribution in [0, 0.1) is 0 Å². The first kappa shape index (κ1) is 31.2. The number of aliphatic imine (C=N–C) groups is 1. The van der Waals surface area contributed by atoms with Gasteiger partial charge >= 0.3 is 6.09 Å². The Morgan fingerprint density at radius 1 is 1.05 bits per heavy atom. The molecule has 1 amide bonds. The van der Waals surface area contributed by atoms with E-state index in [1.165, 1.54) is 69.1 Å². The van der Waals surface area contributed by atoms with E-state index in [1.54, 1.807) is 6.92 Å². The molecule has 0 aromatic heterocycles. The Hall–Kier alpha value is -1.97. The van der Waals surface area contributed by atoms with Gasteiger partial charge in [0.05, 0.1) is 12.7 Å². The second-order valence-corrected chi connectivity index (χ2v) is 10.1. The molecule has 0 spiro atoms. The summed E-state index contributed by atoms with van der Waals surface area (Å²) in [4.78, 5) is 17.3. The molecule has 2 aliphatic rings. The molecule has 1 fully saturated rings. The van der Waals surface area contributed by atoms with Crippen molar-refractivity contribution in [2.24, 2.45) is 4.99 Å². The highest BCUT2D eigenvalue weighted by Gasteiger charge is 2.43. The number of amidine groups is 1. The Labute approximate surface area is 222 Å². The largest absolute Gasteiger partial charge is 0.449 e. The predicted molar refractivity (Wildman–Crippen MR) is 144 cm³/mol. The molecule has 0 bridgehead atoms. The standard InChI is InChI=1S/C28H48FN3O5/c1-3-4-5-6-7-8-9-10-11-12-13-14-15-16-17-18-19-36-28(35)31-26-23(29)20-32(21-30-26)27-25(34)24(33)22(2)37-27/h10-11,20,22,24-25,27,33-34H,3-9,12-19,21H2,1-2H3,(H,30,31,35). The predicted octanol–water partition coefficient (Wildman–Crippen LogP) is 5.70. The molecule has 37 heavy (non-hydrogen) atoms. The van der Waals surface area contributed by atoms with E-state index >= 15 is 0 Å². The Morgan fingerprint density at radius 3 is 2.22 bits per heavy atom. The monoisotopic (exact) mass is 525 g/mol. The van der Waals surface area contributed by atoms with Gasteiger partial charge in [-0.25, -0.2) is 14.2 Å². The minimum absolute atomic E-state index is 0.0287. The molecule has 8 nitrogen and oxygen atoms in total. The number of hydrogen-bond acceptors (Lipinski definition) is 7. The summed E-state index contributed by atoms with van der Waals surface area (Å²) in [7, 11) is 0. The first-order valence-corrected chi connectivity index (χ1v) is 14.2. The van der Waals surface area contributed by atoms with Crippen LogP contribution >= 0.6 is 0 Å². The molecule has 4 atom stereocenters. The molecule has 9 heteroatoms. The third-order valence-electron chi connectivity index (χ3n) is 6.81. The molecular weight excluding hydrogens is 477 g/mol. The minimum atomic E-state index is -1.18. The summed E-state index contributed by atoms with van der Waals surface area (Å²) < 4.78 is 25.0. The summed E-state index contributed by atoms with van der Waals surface area (Å²) in [6.45, 7) is 4.12. The number of halogens is 1. The minimum Gasteiger partial charge on any atom is -0.449 e. The normalized spacial score (nSPS) is 23.9. The molecule has 2 aliphatic heterocycles. The second-order valence-electron chi connectivity index (χ2n) is 10.1. The maximum atomic E-state index is 14.4. The van der Waals surface area contributed by atoms with Gasteiger partial charge in [-0.05, 0) is 39.0 Å². The zero-order valence-electron chi connectivity index (χ0n) is 22.7. The highest BCUT2D eigenvalue weighted by atomic mass is 19.1. The first-order valence-electron chi connectivity index (χ1n) is 14.2. The van der Waals surface area contributed by atoms with Crippen LogP contribution in [0.5, 0.6) is 0 Å². The van der Waals surface area contributed by atoms with Crippen molar-refractivity contribution < 1.29 is 28.9 Å². The van der Waals surface area contributed by atoms with Crippen LogP contribution in [0.3, 0.4) is 0 Å². The lowest BCUT2D eigenvalue weighted by Crippen LogP contribution is -2.44. The van der Waals surface area contributed by atoms with Gasteiger partial charge in [-0.15, -0.1) is 0 Å². The topological polar surface area (TPSA) is 104 Å². The molecule has 0 radical (unpaired) electrons. The maximum Gasteiger partial charge on any atom is 0.412 e. The molecule has 3 N–H and O–H groups in total. The van der Waals surface area contributed by atoms with Crippen molar-refractivity contribution >= 4 is 11.9 Å². The summed E-state index contributed by atoms with van der Waals surface area (Å²) in [6, 6.07) is 0. The molecule has 0 aliphatic carbocycles. The number of amides is 1. The van der Waals surface area contributed by atoms with E-state index in [2.05, 4.69) is 29.4 Å². The lowest BCUT2D eigenvalue weighted by atomic mass is 10.1. The van der Waals surface area contributed by atoms with Gasteiger partial charge in [0.15, 0.2) is 17.9 Å². The molecular formula is C28H48FN3O5. The van der Waals surface area contributed by atoms with Crippen LogP contribution in [0.4, 0.5) is 9.18 Å². The number of unbranched alkanes of at least 4 members (excludes halogenated alkanes) is 12. The summed E-state index contributed by atoms with van der Waals surface area (Å²) in [5.41, 5.74) is 0. The number of ether oxygens (including phenoxy) is 2. The van der Waals surface area contributed by atoms with Crippen molar-refractivity contribution in [3.05, 3.63) is 24.2 Å². The number of aliphatic hydroxyl groups excluding tert-OH is 2. The highest BCUT2D eigenvalue weighted by Crippen LogP contribution is 2.26. The molecule has 0 aromatic carbocycles. The van der Waals surface area contributed by atoms with Crippen molar-refractivity contribution in [1.29, 1.82) is 0 Å². The van der Waals surface area contributed by atoms with E-state index in [1.807, 2.05) is 0 Å². The highest BCUT2D eigenvalue weighted by molar-refractivity contribution is 6.04. The Bertz CT molecular complexity index is 745. The summed E-state index contributed by atoms with van der Waals surface area (Å²) >= 11 is 0. The number of rotatable bonds is 17. The molecule has 0 aromatic rings. The van der Waals surface area contributed by atoms with Gasteiger partial charge in [0.1, 0.15) is 18.9 Å². The Balaban J connectivity index is 1.44. The third-order valence-corrected chi connectivity index (χ3v) is 6.81. The van der Waals surface area contributed by atoms with Crippen LogP contribution in [0.2, 0.25) is 0 Å². The van der Waals surface area contributed by atoms with Gasteiger partial charge in [-0.1, -0.05) is 76.9 Å². The SMILES string of the molecule is CCCCCCCCC=CCCCCCCCCOC(=O)NC1=NCN(C2OC(C)C(O)C2O)C=C1F. The quantitative estimate of drug-likeness (QED) is 0.166. The summed E-state index contributed by atoms with van der Waals surface area (Å²) in [5, 5.41) is 22.2. The smallest absolute Gasteiger partial charge is 0.412 e. The zero-order valence-corrected chi connectivity index (χ0v) is 22.7. The van der Waals surface area contributed by atoms with E-state index < -0.39 is 36.5 Å². The number of aliphatic hydroxyl groups is 2. The van der Waals surface area contributed by atoms with E-state index in [4.69, 9.17) is 9.47 Å². The zero-order chi connectivity index (χ0) is 26.9. The average Bonchev–Trinajstić information content (AvgIpc) is 3.14.